The van der Waals surface area contributed by atoms with Crippen molar-refractivity contribution in [2.45, 2.75) is 25.4 Å². The molecule has 150 valence electrons. The number of aromatic hydroxyl groups is 1. The van der Waals surface area contributed by atoms with Gasteiger partial charge in [0, 0.05) is 24.7 Å². The molecule has 1 saturated heterocycles. The molecule has 0 bridgehead atoms. The van der Waals surface area contributed by atoms with E-state index >= 15 is 0 Å². The second-order valence-corrected chi connectivity index (χ2v) is 7.41. The molecule has 1 saturated carbocycles. The predicted molar refractivity (Wildman–Crippen MR) is 107 cm³/mol. The lowest BCUT2D eigenvalue weighted by Crippen LogP contribution is -2.37. The van der Waals surface area contributed by atoms with Gasteiger partial charge in [-0.2, -0.15) is 4.98 Å². The quantitative estimate of drug-likeness (QED) is 0.672. The second kappa shape index (κ2) is 7.32. The number of fused-ring (bicyclic) bond motifs is 1. The van der Waals surface area contributed by atoms with Crippen LogP contribution in [0.5, 0.6) is 5.75 Å². The summed E-state index contributed by atoms with van der Waals surface area (Å²) in [6.45, 7) is 2.78. The third-order valence-electron chi connectivity index (χ3n) is 5.12. The Labute approximate surface area is 167 Å². The zero-order valence-electron chi connectivity index (χ0n) is 15.9. The first-order valence-corrected chi connectivity index (χ1v) is 9.82. The number of aromatic nitrogens is 4. The highest BCUT2D eigenvalue weighted by Crippen LogP contribution is 2.29. The van der Waals surface area contributed by atoms with Gasteiger partial charge in [0.2, 0.25) is 11.9 Å². The van der Waals surface area contributed by atoms with Crippen molar-refractivity contribution in [3.05, 3.63) is 30.6 Å². The minimum Gasteiger partial charge on any atom is -0.508 e. The molecule has 3 aromatic rings. The van der Waals surface area contributed by atoms with Gasteiger partial charge in [-0.15, -0.1) is 0 Å². The van der Waals surface area contributed by atoms with E-state index in [-0.39, 0.29) is 18.2 Å². The fourth-order valence-corrected chi connectivity index (χ4v) is 3.46. The number of phenols is 1. The van der Waals surface area contributed by atoms with Crippen LogP contribution in [0.4, 0.5) is 5.95 Å². The van der Waals surface area contributed by atoms with Crippen LogP contribution < -0.4 is 10.2 Å². The number of hydrogen-bond donors (Lipinski definition) is 2. The van der Waals surface area contributed by atoms with E-state index in [0.717, 1.165) is 18.4 Å². The topological polar surface area (TPSA) is 105 Å². The van der Waals surface area contributed by atoms with Crippen LogP contribution in [0.2, 0.25) is 0 Å². The van der Waals surface area contributed by atoms with Crippen LogP contribution in [0, 0.1) is 0 Å². The molecule has 9 nitrogen and oxygen atoms in total. The molecule has 0 radical (unpaired) electrons. The lowest BCUT2D eigenvalue weighted by Gasteiger charge is -2.27. The summed E-state index contributed by atoms with van der Waals surface area (Å²) < 4.78 is 7.20. The van der Waals surface area contributed by atoms with Gasteiger partial charge < -0.3 is 24.6 Å². The fourth-order valence-electron chi connectivity index (χ4n) is 3.46. The number of hydrogen-bond acceptors (Lipinski definition) is 7. The van der Waals surface area contributed by atoms with Crippen molar-refractivity contribution in [1.29, 1.82) is 0 Å². The van der Waals surface area contributed by atoms with Crippen molar-refractivity contribution in [2.24, 2.45) is 0 Å². The molecule has 1 aliphatic carbocycles. The smallest absolute Gasteiger partial charge is 0.240 e. The van der Waals surface area contributed by atoms with Crippen molar-refractivity contribution < 1.29 is 14.6 Å². The highest BCUT2D eigenvalue weighted by molar-refractivity contribution is 5.89. The van der Waals surface area contributed by atoms with Crippen LogP contribution in [0.1, 0.15) is 12.8 Å². The van der Waals surface area contributed by atoms with E-state index in [0.29, 0.717) is 55.2 Å². The summed E-state index contributed by atoms with van der Waals surface area (Å²) in [7, 11) is 0. The Morgan fingerprint density at radius 3 is 2.83 bits per heavy atom. The van der Waals surface area contributed by atoms with Crippen molar-refractivity contribution in [2.75, 3.05) is 31.2 Å². The first-order chi connectivity index (χ1) is 14.2. The summed E-state index contributed by atoms with van der Waals surface area (Å²) in [5.41, 5.74) is 2.59. The molecule has 2 N–H and O–H groups in total. The summed E-state index contributed by atoms with van der Waals surface area (Å²) in [4.78, 5) is 28.4. The number of benzene rings is 1. The maximum atomic E-state index is 12.3. The molecule has 0 unspecified atom stereocenters. The molecule has 9 heteroatoms. The van der Waals surface area contributed by atoms with Gasteiger partial charge in [-0.1, -0.05) is 12.1 Å². The molecule has 1 amide bonds. The number of nitrogens with zero attached hydrogens (tertiary/aromatic N) is 5. The highest BCUT2D eigenvalue weighted by Gasteiger charge is 2.24. The minimum absolute atomic E-state index is 0.0442. The molecule has 2 aliphatic rings. The van der Waals surface area contributed by atoms with E-state index in [1.165, 1.54) is 0 Å². The van der Waals surface area contributed by atoms with E-state index in [9.17, 15) is 9.90 Å². The van der Waals surface area contributed by atoms with Crippen LogP contribution in [0.25, 0.3) is 22.4 Å². The Hall–Kier alpha value is -3.20. The number of carbonyl (C=O) groups is 1. The van der Waals surface area contributed by atoms with Gasteiger partial charge in [0.25, 0.3) is 0 Å². The number of carbonyl (C=O) groups excluding carboxylic acids is 1. The van der Waals surface area contributed by atoms with Crippen LogP contribution in [0.3, 0.4) is 0 Å². The molecule has 1 aliphatic heterocycles. The van der Waals surface area contributed by atoms with Crippen molar-refractivity contribution in [3.63, 3.8) is 0 Å². The van der Waals surface area contributed by atoms with E-state index < -0.39 is 0 Å². The maximum absolute atomic E-state index is 12.3. The standard InChI is InChI=1S/C20H22N6O3/c27-15-3-1-2-13(10-15)17-18-19(24-20(23-17)25-6-8-29-9-7-25)26(12-21-18)11-16(28)22-14-4-5-14/h1-3,10,12,14,27H,4-9,11H2,(H,22,28). The van der Waals surface area contributed by atoms with Crippen LogP contribution in [-0.4, -0.2) is 62.9 Å². The predicted octanol–water partition coefficient (Wildman–Crippen LogP) is 1.31. The monoisotopic (exact) mass is 394 g/mol. The number of amides is 1. The van der Waals surface area contributed by atoms with Gasteiger partial charge in [-0.3, -0.25) is 4.79 Å². The zero-order chi connectivity index (χ0) is 19.8. The normalized spacial score (nSPS) is 16.9. The molecule has 3 heterocycles. The van der Waals surface area contributed by atoms with Gasteiger partial charge in [-0.05, 0) is 25.0 Å². The molecular weight excluding hydrogens is 372 g/mol. The minimum atomic E-state index is -0.0442. The Morgan fingerprint density at radius 1 is 1.24 bits per heavy atom. The van der Waals surface area contributed by atoms with E-state index in [4.69, 9.17) is 14.7 Å². The highest BCUT2D eigenvalue weighted by atomic mass is 16.5. The van der Waals surface area contributed by atoms with E-state index in [1.54, 1.807) is 29.1 Å². The molecule has 29 heavy (non-hydrogen) atoms. The SMILES string of the molecule is O=C(Cn1cnc2c(-c3cccc(O)c3)nc(N3CCOCC3)nc21)NC1CC1. The second-order valence-electron chi connectivity index (χ2n) is 7.41. The molecule has 5 rings (SSSR count). The average molecular weight is 394 g/mol. The number of rotatable bonds is 5. The number of morpholine rings is 1. The molecule has 0 spiro atoms. The van der Waals surface area contributed by atoms with Crippen LogP contribution in [0.15, 0.2) is 30.6 Å². The maximum Gasteiger partial charge on any atom is 0.240 e. The van der Waals surface area contributed by atoms with E-state index in [2.05, 4.69) is 15.2 Å². The Bertz CT molecular complexity index is 1060. The fraction of sp³-hybridized carbons (Fsp3) is 0.400. The summed E-state index contributed by atoms with van der Waals surface area (Å²) in [5.74, 6) is 0.686. The number of anilines is 1. The third-order valence-corrected chi connectivity index (χ3v) is 5.12. The number of imidazole rings is 1. The summed E-state index contributed by atoms with van der Waals surface area (Å²) in [6.07, 6.45) is 3.71. The van der Waals surface area contributed by atoms with Gasteiger partial charge in [0.15, 0.2) is 5.65 Å². The zero-order valence-corrected chi connectivity index (χ0v) is 15.9. The lowest BCUT2D eigenvalue weighted by atomic mass is 10.1. The van der Waals surface area contributed by atoms with Crippen molar-refractivity contribution >= 4 is 23.0 Å². The lowest BCUT2D eigenvalue weighted by molar-refractivity contribution is -0.121. The van der Waals surface area contributed by atoms with E-state index in [1.807, 2.05) is 6.07 Å². The van der Waals surface area contributed by atoms with Gasteiger partial charge >= 0.3 is 0 Å². The largest absolute Gasteiger partial charge is 0.508 e. The molecule has 1 aromatic carbocycles. The number of ether oxygens (including phenoxy) is 1. The van der Waals surface area contributed by atoms with Gasteiger partial charge in [0.1, 0.15) is 23.5 Å². The van der Waals surface area contributed by atoms with Gasteiger partial charge in [0.05, 0.1) is 19.5 Å². The molecule has 2 aromatic heterocycles. The van der Waals surface area contributed by atoms with Crippen LogP contribution >= 0.6 is 0 Å². The molecule has 2 fully saturated rings. The number of nitrogens with one attached hydrogen (secondary N) is 1. The van der Waals surface area contributed by atoms with Gasteiger partial charge in [-0.25, -0.2) is 9.97 Å². The number of phenolic OH excluding ortho intramolecular Hbond substituents is 1. The average Bonchev–Trinajstić information content (AvgIpc) is 3.46. The van der Waals surface area contributed by atoms with Crippen LogP contribution in [-0.2, 0) is 16.1 Å². The molecule has 0 atom stereocenters. The summed E-state index contributed by atoms with van der Waals surface area (Å²) in [6, 6.07) is 7.23. The Balaban J connectivity index is 1.58. The first kappa shape index (κ1) is 17.9. The summed E-state index contributed by atoms with van der Waals surface area (Å²) >= 11 is 0. The Kier molecular flexibility index (Phi) is 4.51. The van der Waals surface area contributed by atoms with Crippen molar-refractivity contribution in [1.82, 2.24) is 24.8 Å². The molecular formula is C20H22N6O3. The third kappa shape index (κ3) is 3.73. The summed E-state index contributed by atoms with van der Waals surface area (Å²) in [5, 5.41) is 12.9. The Morgan fingerprint density at radius 2 is 2.07 bits per heavy atom. The van der Waals surface area contributed by atoms with Crippen molar-refractivity contribution in [3.8, 4) is 17.0 Å². The first-order valence-electron chi connectivity index (χ1n) is 9.82.